The maximum Gasteiger partial charge on any atom is 0.329 e. The standard InChI is InChI=1S/C72H90N4O10S2/c1-69(2,3)53-29-45-27-46-30-54(70(4,5)6)35-51(62(46)78)39-76-40-52-36-56(72(10,11)12)32-48(64(52)80)28-47-31-55(71(7,8)9)34-50(63(47)79)38-75(37-49(33-53)61(45)77)59(25-43-21-17-15-18-22-43)65(81)73-57(67(83)85-13)41-87-88-42-58(68(84)86-14)74-66(82)60(76)26-44-23-19-16-20-24-44/h15-24,29-36,57-60,77-80H,25-28,37-42H2,1-14H3,(H,73,81)(H,74,82)/t57-,58-,59-,60-/m1/s1. The van der Waals surface area contributed by atoms with Gasteiger partial charge in [0.2, 0.25) is 11.8 Å². The number of hydrogen-bond acceptors (Lipinski definition) is 14. The molecule has 10 bridgehead atoms. The highest BCUT2D eigenvalue weighted by Gasteiger charge is 2.37. The van der Waals surface area contributed by atoms with Gasteiger partial charge < -0.3 is 40.5 Å². The number of methoxy groups -OCH3 is 2. The first kappa shape index (κ1) is 67.0. The summed E-state index contributed by atoms with van der Waals surface area (Å²) in [6, 6.07) is 30.3. The van der Waals surface area contributed by atoms with Crippen LogP contribution in [0.2, 0.25) is 0 Å². The monoisotopic (exact) mass is 1230 g/mol. The van der Waals surface area contributed by atoms with Gasteiger partial charge in [-0.3, -0.25) is 19.4 Å². The number of hydrogen-bond donors (Lipinski definition) is 6. The molecule has 0 saturated heterocycles. The smallest absolute Gasteiger partial charge is 0.329 e. The van der Waals surface area contributed by atoms with Crippen LogP contribution < -0.4 is 10.6 Å². The van der Waals surface area contributed by atoms with Gasteiger partial charge in [0.05, 0.1) is 26.3 Å². The number of amides is 2. The molecule has 4 atom stereocenters. The highest BCUT2D eigenvalue weighted by molar-refractivity contribution is 8.76. The maximum absolute atomic E-state index is 15.7. The van der Waals surface area contributed by atoms with Gasteiger partial charge >= 0.3 is 11.9 Å². The summed E-state index contributed by atoms with van der Waals surface area (Å²) in [5, 5.41) is 58.3. The number of fused-ring (bicyclic) bond motifs is 11. The minimum atomic E-state index is -1.19. The molecule has 470 valence electrons. The van der Waals surface area contributed by atoms with Crippen molar-refractivity contribution in [2.45, 2.75) is 181 Å². The predicted molar refractivity (Wildman–Crippen MR) is 352 cm³/mol. The highest BCUT2D eigenvalue weighted by atomic mass is 33.1. The molecule has 0 spiro atoms. The molecular weight excluding hydrogens is 1140 g/mol. The fraction of sp³-hybridized carbons (Fsp3) is 0.444. The van der Waals surface area contributed by atoms with E-state index in [4.69, 9.17) is 9.47 Å². The lowest BCUT2D eigenvalue weighted by Gasteiger charge is -2.34. The van der Waals surface area contributed by atoms with Crippen LogP contribution >= 0.6 is 21.6 Å². The van der Waals surface area contributed by atoms with Crippen LogP contribution in [-0.2, 0) is 102 Å². The SMILES string of the molecule is COC(=O)[C@H]1CSSC[C@H](C(=O)OC)NC(=O)[C@@H](Cc2ccccc2)N2Cc3cc(C(C)(C)C)cc(c3O)Cc3cc(C(C)(C)C)cc(c3O)CN(Cc3cc(C(C)(C)C)cc(c3O)Cc3cc(C(C)(C)C)cc(c3O)C2)[C@H](Cc2ccccc2)C(=O)N1. The van der Waals surface area contributed by atoms with E-state index in [1.54, 1.807) is 0 Å². The number of benzene rings is 6. The molecule has 6 aromatic rings. The second-order valence-corrected chi connectivity index (χ2v) is 30.4. The number of carbonyl (C=O) groups excluding carboxylic acids is 4. The van der Waals surface area contributed by atoms with Gasteiger partial charge in [-0.15, -0.1) is 0 Å². The summed E-state index contributed by atoms with van der Waals surface area (Å²) < 4.78 is 10.7. The fourth-order valence-electron chi connectivity index (χ4n) is 11.5. The molecule has 0 saturated carbocycles. The van der Waals surface area contributed by atoms with Crippen molar-refractivity contribution in [3.8, 4) is 23.0 Å². The largest absolute Gasteiger partial charge is 0.507 e. The van der Waals surface area contributed by atoms with E-state index in [2.05, 4.69) is 93.7 Å². The molecule has 0 aromatic heterocycles. The zero-order valence-electron chi connectivity index (χ0n) is 53.7. The lowest BCUT2D eigenvalue weighted by molar-refractivity contribution is -0.145. The van der Waals surface area contributed by atoms with Crippen molar-refractivity contribution >= 4 is 45.3 Å². The van der Waals surface area contributed by atoms with Gasteiger partial charge in [-0.1, -0.05) is 214 Å². The van der Waals surface area contributed by atoms with E-state index in [1.807, 2.05) is 119 Å². The average molecular weight is 1240 g/mol. The topological polar surface area (TPSA) is 198 Å². The molecule has 0 fully saturated rings. The second-order valence-electron chi connectivity index (χ2n) is 27.9. The Kier molecular flexibility index (Phi) is 20.9. The van der Waals surface area contributed by atoms with Crippen molar-refractivity contribution in [2.75, 3.05) is 25.7 Å². The summed E-state index contributed by atoms with van der Waals surface area (Å²) in [4.78, 5) is 63.2. The second kappa shape index (κ2) is 27.4. The summed E-state index contributed by atoms with van der Waals surface area (Å²) in [5.74, 6) is -2.60. The predicted octanol–water partition coefficient (Wildman–Crippen LogP) is 12.1. The van der Waals surface area contributed by atoms with Crippen LogP contribution in [0.25, 0.3) is 0 Å². The zero-order chi connectivity index (χ0) is 64.2. The van der Waals surface area contributed by atoms with E-state index in [1.165, 1.54) is 35.8 Å². The molecule has 88 heavy (non-hydrogen) atoms. The fourth-order valence-corrected chi connectivity index (χ4v) is 13.8. The van der Waals surface area contributed by atoms with Crippen LogP contribution in [0.3, 0.4) is 0 Å². The number of phenols is 4. The highest BCUT2D eigenvalue weighted by Crippen LogP contribution is 2.42. The Morgan fingerprint density at radius 1 is 0.443 bits per heavy atom. The van der Waals surface area contributed by atoms with E-state index in [0.29, 0.717) is 44.5 Å². The number of carbonyl (C=O) groups is 4. The Labute approximate surface area is 528 Å². The number of esters is 2. The van der Waals surface area contributed by atoms with Crippen LogP contribution in [0.15, 0.2) is 109 Å². The molecule has 3 aliphatic heterocycles. The third-order valence-corrected chi connectivity index (χ3v) is 19.4. The van der Waals surface area contributed by atoms with Crippen molar-refractivity contribution in [1.29, 1.82) is 0 Å². The molecule has 3 heterocycles. The molecule has 16 heteroatoms. The lowest BCUT2D eigenvalue weighted by atomic mass is 9.81. The van der Waals surface area contributed by atoms with Gasteiger partial charge in [0.15, 0.2) is 0 Å². The van der Waals surface area contributed by atoms with Crippen molar-refractivity contribution in [3.63, 3.8) is 0 Å². The van der Waals surface area contributed by atoms with Crippen LogP contribution in [0.1, 0.15) is 161 Å². The van der Waals surface area contributed by atoms with Crippen LogP contribution in [0.5, 0.6) is 23.0 Å². The van der Waals surface area contributed by atoms with Gasteiger partial charge in [0.25, 0.3) is 0 Å². The molecule has 9 rings (SSSR count). The van der Waals surface area contributed by atoms with Crippen LogP contribution in [-0.4, -0.2) is 104 Å². The summed E-state index contributed by atoms with van der Waals surface area (Å²) >= 11 is 0. The van der Waals surface area contributed by atoms with Crippen molar-refractivity contribution < 1.29 is 49.1 Å². The van der Waals surface area contributed by atoms with Gasteiger partial charge in [-0.25, -0.2) is 9.59 Å². The molecule has 0 unspecified atom stereocenters. The first-order valence-corrected chi connectivity index (χ1v) is 32.8. The van der Waals surface area contributed by atoms with Crippen LogP contribution in [0, 0.1) is 0 Å². The van der Waals surface area contributed by atoms with Gasteiger partial charge in [0, 0.05) is 72.8 Å². The first-order valence-electron chi connectivity index (χ1n) is 30.3. The minimum Gasteiger partial charge on any atom is -0.507 e. The van der Waals surface area contributed by atoms with E-state index >= 15 is 9.59 Å². The van der Waals surface area contributed by atoms with E-state index < -0.39 is 69.6 Å². The molecule has 14 nitrogen and oxygen atoms in total. The summed E-state index contributed by atoms with van der Waals surface area (Å²) in [5.41, 5.74) is 7.39. The number of phenolic OH excluding ortho intramolecular Hbond substituents is 4. The third-order valence-electron chi connectivity index (χ3n) is 17.0. The van der Waals surface area contributed by atoms with Crippen LogP contribution in [0.4, 0.5) is 0 Å². The Balaban J connectivity index is 1.52. The van der Waals surface area contributed by atoms with E-state index in [-0.39, 0.29) is 86.4 Å². The van der Waals surface area contributed by atoms with E-state index in [9.17, 15) is 30.0 Å². The lowest BCUT2D eigenvalue weighted by Crippen LogP contribution is -2.53. The summed E-state index contributed by atoms with van der Waals surface area (Å²) in [7, 11) is 4.93. The number of nitrogens with zero attached hydrogens (tertiary/aromatic N) is 2. The minimum absolute atomic E-state index is 0.00000708. The van der Waals surface area contributed by atoms with E-state index in [0.717, 1.165) is 33.4 Å². The Morgan fingerprint density at radius 2 is 0.693 bits per heavy atom. The Bertz CT molecular complexity index is 3140. The third kappa shape index (κ3) is 16.3. The molecule has 6 aromatic carbocycles. The average Bonchev–Trinajstić information content (AvgIpc) is 1.60. The summed E-state index contributed by atoms with van der Waals surface area (Å²) in [6.45, 7) is 25.0. The van der Waals surface area contributed by atoms with Gasteiger partial charge in [0.1, 0.15) is 35.1 Å². The van der Waals surface area contributed by atoms with Crippen molar-refractivity contribution in [2.24, 2.45) is 0 Å². The molecule has 6 N–H and O–H groups in total. The molecular formula is C72H90N4O10S2. The number of rotatable bonds is 6. The number of aromatic hydroxyl groups is 4. The quantitative estimate of drug-likeness (QED) is 0.0680. The zero-order valence-corrected chi connectivity index (χ0v) is 55.4. The Morgan fingerprint density at radius 3 is 0.932 bits per heavy atom. The Hall–Kier alpha value is -6.98. The van der Waals surface area contributed by atoms with Crippen molar-refractivity contribution in [3.05, 3.63) is 187 Å². The van der Waals surface area contributed by atoms with Gasteiger partial charge in [-0.05, 0) is 90.1 Å². The summed E-state index contributed by atoms with van der Waals surface area (Å²) in [6.07, 6.45) is 0.410. The number of nitrogens with one attached hydrogen (secondary N) is 2. The maximum atomic E-state index is 15.7. The van der Waals surface area contributed by atoms with Crippen molar-refractivity contribution in [1.82, 2.24) is 20.4 Å². The molecule has 0 aliphatic carbocycles. The molecule has 2 amide bonds. The normalized spacial score (nSPS) is 20.3. The number of ether oxygens (including phenoxy) is 2. The van der Waals surface area contributed by atoms with Gasteiger partial charge in [-0.2, -0.15) is 0 Å². The molecule has 3 aliphatic rings. The molecule has 0 radical (unpaired) electrons. The first-order chi connectivity index (χ1) is 41.3.